The molecule has 0 atom stereocenters. The van der Waals surface area contributed by atoms with Crippen LogP contribution >= 0.6 is 0 Å². The van der Waals surface area contributed by atoms with Crippen LogP contribution in [0.2, 0.25) is 0 Å². The molecule has 0 spiro atoms. The largest absolute Gasteiger partial charge is 0.384 e. The fourth-order valence-corrected chi connectivity index (χ4v) is 5.30. The number of rotatable bonds is 5. The molecule has 1 amide bonds. The monoisotopic (exact) mass is 476 g/mol. The average molecular weight is 477 g/mol. The zero-order valence-corrected chi connectivity index (χ0v) is 20.9. The lowest BCUT2D eigenvalue weighted by molar-refractivity contribution is 0.0869. The predicted octanol–water partition coefficient (Wildman–Crippen LogP) is 4.53. The Morgan fingerprint density at radius 3 is 2.37 bits per heavy atom. The van der Waals surface area contributed by atoms with Gasteiger partial charge >= 0.3 is 0 Å². The molecule has 8 heteroatoms. The summed E-state index contributed by atoms with van der Waals surface area (Å²) >= 11 is 0. The van der Waals surface area contributed by atoms with Gasteiger partial charge in [-0.1, -0.05) is 13.0 Å². The summed E-state index contributed by atoms with van der Waals surface area (Å²) in [6, 6.07) is 8.13. The van der Waals surface area contributed by atoms with E-state index >= 15 is 4.39 Å². The Balaban J connectivity index is 1.64. The summed E-state index contributed by atoms with van der Waals surface area (Å²) in [4.78, 5) is 26.1. The summed E-state index contributed by atoms with van der Waals surface area (Å²) in [7, 11) is 0. The molecule has 3 aromatic rings. The molecule has 4 N–H and O–H groups in total. The van der Waals surface area contributed by atoms with Crippen LogP contribution in [0.5, 0.6) is 0 Å². The molecular weight excluding hydrogens is 443 g/mol. The van der Waals surface area contributed by atoms with Gasteiger partial charge in [-0.2, -0.15) is 0 Å². The van der Waals surface area contributed by atoms with E-state index in [0.29, 0.717) is 23.5 Å². The molecule has 2 aromatic heterocycles. The van der Waals surface area contributed by atoms with Crippen LogP contribution in [-0.4, -0.2) is 38.0 Å². The number of carbonyl (C=O) groups is 1. The summed E-state index contributed by atoms with van der Waals surface area (Å²) in [6.07, 6.45) is 5.34. The number of piperidine rings is 1. The molecule has 184 valence electrons. The SMILES string of the molecule is CCc1ncnc(-c2ccc(C(=O)NC3CC(C)(C)NC(C)(C)C3)c(F)c2)c1-c1ccc(N)nc1. The molecule has 0 bridgehead atoms. The number of amides is 1. The number of nitrogens with one attached hydrogen (secondary N) is 2. The Kier molecular flexibility index (Phi) is 6.60. The first-order valence-electron chi connectivity index (χ1n) is 11.9. The van der Waals surface area contributed by atoms with E-state index in [4.69, 9.17) is 5.73 Å². The van der Waals surface area contributed by atoms with Gasteiger partial charge in [0.2, 0.25) is 0 Å². The van der Waals surface area contributed by atoms with Gasteiger partial charge in [-0.25, -0.2) is 19.3 Å². The number of benzene rings is 1. The first kappa shape index (κ1) is 24.7. The number of pyridine rings is 1. The van der Waals surface area contributed by atoms with E-state index in [-0.39, 0.29) is 22.7 Å². The van der Waals surface area contributed by atoms with Crippen LogP contribution in [0, 0.1) is 5.82 Å². The minimum atomic E-state index is -0.592. The zero-order chi connectivity index (χ0) is 25.4. The van der Waals surface area contributed by atoms with Crippen molar-refractivity contribution in [3.8, 4) is 22.4 Å². The van der Waals surface area contributed by atoms with Crippen molar-refractivity contribution < 1.29 is 9.18 Å². The van der Waals surface area contributed by atoms with Crippen molar-refractivity contribution in [2.45, 2.75) is 71.0 Å². The van der Waals surface area contributed by atoms with Crippen LogP contribution in [0.1, 0.15) is 63.5 Å². The molecule has 35 heavy (non-hydrogen) atoms. The summed E-state index contributed by atoms with van der Waals surface area (Å²) < 4.78 is 15.3. The minimum absolute atomic E-state index is 0.0170. The Morgan fingerprint density at radius 2 is 1.77 bits per heavy atom. The van der Waals surface area contributed by atoms with Crippen LogP contribution in [0.25, 0.3) is 22.4 Å². The van der Waals surface area contributed by atoms with E-state index in [0.717, 1.165) is 29.7 Å². The number of anilines is 1. The van der Waals surface area contributed by atoms with Crippen molar-refractivity contribution in [1.29, 1.82) is 0 Å². The molecule has 7 nitrogen and oxygen atoms in total. The Bertz CT molecular complexity index is 1220. The van der Waals surface area contributed by atoms with Crippen molar-refractivity contribution in [3.63, 3.8) is 0 Å². The van der Waals surface area contributed by atoms with Crippen LogP contribution in [0.3, 0.4) is 0 Å². The third kappa shape index (κ3) is 5.48. The molecule has 1 aliphatic heterocycles. The molecule has 0 aliphatic carbocycles. The van der Waals surface area contributed by atoms with Crippen LogP contribution < -0.4 is 16.4 Å². The van der Waals surface area contributed by atoms with E-state index < -0.39 is 11.7 Å². The van der Waals surface area contributed by atoms with Gasteiger partial charge in [0.15, 0.2) is 0 Å². The third-order valence-electron chi connectivity index (χ3n) is 6.35. The summed E-state index contributed by atoms with van der Waals surface area (Å²) in [5, 5.41) is 6.64. The maximum atomic E-state index is 15.3. The number of hydrogen-bond acceptors (Lipinski definition) is 6. The third-order valence-corrected chi connectivity index (χ3v) is 6.35. The van der Waals surface area contributed by atoms with E-state index in [1.54, 1.807) is 18.3 Å². The summed E-state index contributed by atoms with van der Waals surface area (Å²) in [6.45, 7) is 10.5. The molecule has 0 saturated carbocycles. The normalized spacial score (nSPS) is 17.2. The van der Waals surface area contributed by atoms with E-state index in [9.17, 15) is 4.79 Å². The van der Waals surface area contributed by atoms with Crippen molar-refractivity contribution in [1.82, 2.24) is 25.6 Å². The van der Waals surface area contributed by atoms with Crippen molar-refractivity contribution in [2.24, 2.45) is 0 Å². The maximum Gasteiger partial charge on any atom is 0.254 e. The Morgan fingerprint density at radius 1 is 1.09 bits per heavy atom. The lowest BCUT2D eigenvalue weighted by Crippen LogP contribution is -2.62. The number of nitrogens with zero attached hydrogens (tertiary/aromatic N) is 3. The van der Waals surface area contributed by atoms with Gasteiger partial charge in [0, 0.05) is 40.0 Å². The lowest BCUT2D eigenvalue weighted by atomic mass is 9.79. The molecule has 0 radical (unpaired) electrons. The van der Waals surface area contributed by atoms with Crippen molar-refractivity contribution in [2.75, 3.05) is 5.73 Å². The number of hydrogen-bond donors (Lipinski definition) is 3. The summed E-state index contributed by atoms with van der Waals surface area (Å²) in [5.41, 5.74) is 9.05. The number of halogens is 1. The van der Waals surface area contributed by atoms with Gasteiger partial charge in [-0.05, 0) is 71.2 Å². The molecule has 0 unspecified atom stereocenters. The maximum absolute atomic E-state index is 15.3. The molecule has 1 fully saturated rings. The highest BCUT2D eigenvalue weighted by Gasteiger charge is 2.38. The van der Waals surface area contributed by atoms with Gasteiger partial charge in [0.1, 0.15) is 18.0 Å². The van der Waals surface area contributed by atoms with Crippen molar-refractivity contribution >= 4 is 11.7 Å². The number of nitrogen functional groups attached to an aromatic ring is 1. The van der Waals surface area contributed by atoms with E-state index in [1.165, 1.54) is 18.5 Å². The quantitative estimate of drug-likeness (QED) is 0.500. The van der Waals surface area contributed by atoms with Gasteiger partial charge in [0.25, 0.3) is 5.91 Å². The minimum Gasteiger partial charge on any atom is -0.384 e. The fraction of sp³-hybridized carbons (Fsp3) is 0.407. The first-order chi connectivity index (χ1) is 16.5. The van der Waals surface area contributed by atoms with E-state index in [2.05, 4.69) is 53.3 Å². The predicted molar refractivity (Wildman–Crippen MR) is 136 cm³/mol. The second-order valence-corrected chi connectivity index (χ2v) is 10.5. The topological polar surface area (TPSA) is 106 Å². The van der Waals surface area contributed by atoms with Gasteiger partial charge < -0.3 is 16.4 Å². The van der Waals surface area contributed by atoms with Crippen LogP contribution in [-0.2, 0) is 6.42 Å². The molecule has 1 saturated heterocycles. The molecule has 3 heterocycles. The zero-order valence-electron chi connectivity index (χ0n) is 20.9. The smallest absolute Gasteiger partial charge is 0.254 e. The molecule has 4 rings (SSSR count). The number of aryl methyl sites for hydroxylation is 1. The highest BCUT2D eigenvalue weighted by atomic mass is 19.1. The number of carbonyl (C=O) groups excluding carboxylic acids is 1. The second kappa shape index (κ2) is 9.34. The number of aromatic nitrogens is 3. The van der Waals surface area contributed by atoms with Gasteiger partial charge in [-0.3, -0.25) is 4.79 Å². The number of nitrogens with two attached hydrogens (primary N) is 1. The van der Waals surface area contributed by atoms with Crippen molar-refractivity contribution in [3.05, 3.63) is 59.9 Å². The molecule has 1 aromatic carbocycles. The van der Waals surface area contributed by atoms with Crippen LogP contribution in [0.15, 0.2) is 42.9 Å². The average Bonchev–Trinajstić information content (AvgIpc) is 2.76. The second-order valence-electron chi connectivity index (χ2n) is 10.5. The summed E-state index contributed by atoms with van der Waals surface area (Å²) in [5.74, 6) is -0.593. The molecular formula is C27H33FN6O. The van der Waals surface area contributed by atoms with Crippen LogP contribution in [0.4, 0.5) is 10.2 Å². The highest BCUT2D eigenvalue weighted by molar-refractivity contribution is 5.95. The lowest BCUT2D eigenvalue weighted by Gasteiger charge is -2.46. The Hall–Kier alpha value is -3.39. The first-order valence-corrected chi connectivity index (χ1v) is 11.9. The van der Waals surface area contributed by atoms with Gasteiger partial charge in [-0.15, -0.1) is 0 Å². The Labute approximate surface area is 205 Å². The molecule has 1 aliphatic rings. The highest BCUT2D eigenvalue weighted by Crippen LogP contribution is 2.34. The van der Waals surface area contributed by atoms with Gasteiger partial charge in [0.05, 0.1) is 17.0 Å². The standard InChI is InChI=1S/C27H33FN6O/c1-6-21-23(17-8-10-22(29)30-14-17)24(32-15-31-21)16-7-9-19(20(28)11-16)25(35)33-18-12-26(2,3)34-27(4,5)13-18/h7-11,14-15,18,34H,6,12-13H2,1-5H3,(H2,29,30)(H,33,35). The fourth-order valence-electron chi connectivity index (χ4n) is 5.30. The van der Waals surface area contributed by atoms with E-state index in [1.807, 2.05) is 13.0 Å².